The molecule has 19 heavy (non-hydrogen) atoms. The van der Waals surface area contributed by atoms with Crippen LogP contribution in [0, 0.1) is 0 Å². The number of rotatable bonds is 7. The summed E-state index contributed by atoms with van der Waals surface area (Å²) in [5, 5.41) is 8.94. The van der Waals surface area contributed by atoms with Crippen molar-refractivity contribution in [2.24, 2.45) is 0 Å². The minimum Gasteiger partial charge on any atom is -0.478 e. The van der Waals surface area contributed by atoms with Gasteiger partial charge in [-0.25, -0.2) is 9.78 Å². The Hall–Kier alpha value is -1.84. The second kappa shape index (κ2) is 6.36. The van der Waals surface area contributed by atoms with Gasteiger partial charge in [-0.2, -0.15) is 0 Å². The molecule has 1 heterocycles. The molecule has 4 nitrogen and oxygen atoms in total. The van der Waals surface area contributed by atoms with Crippen LogP contribution in [0.3, 0.4) is 0 Å². The summed E-state index contributed by atoms with van der Waals surface area (Å²) < 4.78 is 0. The van der Waals surface area contributed by atoms with Crippen molar-refractivity contribution in [2.45, 2.75) is 45.4 Å². The molecule has 0 unspecified atom stereocenters. The summed E-state index contributed by atoms with van der Waals surface area (Å²) in [4.78, 5) is 18.6. The summed E-state index contributed by atoms with van der Waals surface area (Å²) in [5.74, 6) is 0.0478. The van der Waals surface area contributed by atoms with Gasteiger partial charge in [0, 0.05) is 6.42 Å². The van der Waals surface area contributed by atoms with Crippen LogP contribution in [0.4, 0.5) is 0 Å². The highest BCUT2D eigenvalue weighted by Gasteiger charge is 2.07. The minimum absolute atomic E-state index is 0.297. The predicted molar refractivity (Wildman–Crippen MR) is 75.5 cm³/mol. The average Bonchev–Trinajstić information content (AvgIpc) is 2.80. The van der Waals surface area contributed by atoms with Gasteiger partial charge in [-0.05, 0) is 24.6 Å². The maximum atomic E-state index is 10.9. The van der Waals surface area contributed by atoms with E-state index >= 15 is 0 Å². The Labute approximate surface area is 112 Å². The standard InChI is InChI=1S/C15H20N2O2/c1-2-3-4-5-6-7-14-16-12-9-8-11(15(18)19)10-13(12)17-14/h8-10H,2-7H2,1H3,(H,16,17)(H,18,19). The smallest absolute Gasteiger partial charge is 0.335 e. The van der Waals surface area contributed by atoms with Crippen LogP contribution in [0.5, 0.6) is 0 Å². The summed E-state index contributed by atoms with van der Waals surface area (Å²) >= 11 is 0. The summed E-state index contributed by atoms with van der Waals surface area (Å²) in [5.41, 5.74) is 1.95. The molecule has 0 saturated heterocycles. The minimum atomic E-state index is -0.905. The van der Waals surface area contributed by atoms with Crippen LogP contribution in [-0.4, -0.2) is 21.0 Å². The third kappa shape index (κ3) is 3.56. The number of benzene rings is 1. The van der Waals surface area contributed by atoms with Crippen molar-refractivity contribution in [1.29, 1.82) is 0 Å². The molecule has 0 bridgehead atoms. The van der Waals surface area contributed by atoms with Gasteiger partial charge < -0.3 is 10.1 Å². The van der Waals surface area contributed by atoms with Crippen LogP contribution in [-0.2, 0) is 6.42 Å². The van der Waals surface area contributed by atoms with Crippen LogP contribution < -0.4 is 0 Å². The maximum Gasteiger partial charge on any atom is 0.335 e. The highest BCUT2D eigenvalue weighted by molar-refractivity contribution is 5.92. The molecule has 0 aliphatic rings. The Morgan fingerprint density at radius 1 is 1.26 bits per heavy atom. The van der Waals surface area contributed by atoms with Gasteiger partial charge in [0.05, 0.1) is 16.6 Å². The number of unbranched alkanes of at least 4 members (excludes halogenated alkanes) is 4. The molecule has 2 rings (SSSR count). The first-order valence-corrected chi connectivity index (χ1v) is 6.92. The molecule has 4 heteroatoms. The number of carbonyl (C=O) groups is 1. The van der Waals surface area contributed by atoms with E-state index in [1.165, 1.54) is 25.7 Å². The first-order chi connectivity index (χ1) is 9.20. The highest BCUT2D eigenvalue weighted by Crippen LogP contribution is 2.15. The van der Waals surface area contributed by atoms with Gasteiger partial charge in [0.25, 0.3) is 0 Å². The number of carboxylic acids is 1. The number of aromatic nitrogens is 2. The molecule has 0 fully saturated rings. The lowest BCUT2D eigenvalue weighted by molar-refractivity contribution is 0.0697. The Balaban J connectivity index is 1.99. The van der Waals surface area contributed by atoms with Gasteiger partial charge in [0.1, 0.15) is 5.82 Å². The van der Waals surface area contributed by atoms with Crippen LogP contribution >= 0.6 is 0 Å². The summed E-state index contributed by atoms with van der Waals surface area (Å²) in [7, 11) is 0. The Morgan fingerprint density at radius 3 is 2.79 bits per heavy atom. The van der Waals surface area contributed by atoms with E-state index in [0.717, 1.165) is 29.7 Å². The van der Waals surface area contributed by atoms with Crippen molar-refractivity contribution in [3.8, 4) is 0 Å². The number of nitrogens with one attached hydrogen (secondary N) is 1. The van der Waals surface area contributed by atoms with E-state index in [9.17, 15) is 4.79 Å². The third-order valence-electron chi connectivity index (χ3n) is 3.30. The van der Waals surface area contributed by atoms with Crippen LogP contribution in [0.25, 0.3) is 11.0 Å². The number of aromatic amines is 1. The normalized spacial score (nSPS) is 11.0. The Kier molecular flexibility index (Phi) is 4.55. The van der Waals surface area contributed by atoms with Crippen molar-refractivity contribution in [1.82, 2.24) is 9.97 Å². The number of H-pyrrole nitrogens is 1. The van der Waals surface area contributed by atoms with Gasteiger partial charge in [-0.3, -0.25) is 0 Å². The molecule has 1 aromatic heterocycles. The predicted octanol–water partition coefficient (Wildman–Crippen LogP) is 3.77. The van der Waals surface area contributed by atoms with E-state index in [1.807, 2.05) is 0 Å². The number of imidazole rings is 1. The zero-order valence-electron chi connectivity index (χ0n) is 11.3. The van der Waals surface area contributed by atoms with E-state index in [4.69, 9.17) is 5.11 Å². The van der Waals surface area contributed by atoms with Crippen molar-refractivity contribution in [3.63, 3.8) is 0 Å². The van der Waals surface area contributed by atoms with E-state index in [-0.39, 0.29) is 0 Å². The number of nitrogens with zero attached hydrogens (tertiary/aromatic N) is 1. The number of aromatic carboxylic acids is 1. The molecule has 0 saturated carbocycles. The van der Waals surface area contributed by atoms with E-state index < -0.39 is 5.97 Å². The van der Waals surface area contributed by atoms with Crippen molar-refractivity contribution < 1.29 is 9.90 Å². The number of fused-ring (bicyclic) bond motifs is 1. The van der Waals surface area contributed by atoms with Crippen LogP contribution in [0.2, 0.25) is 0 Å². The zero-order chi connectivity index (χ0) is 13.7. The molecule has 0 atom stereocenters. The summed E-state index contributed by atoms with van der Waals surface area (Å²) in [6.45, 7) is 2.21. The van der Waals surface area contributed by atoms with E-state index in [1.54, 1.807) is 18.2 Å². The second-order valence-electron chi connectivity index (χ2n) is 4.88. The lowest BCUT2D eigenvalue weighted by atomic mass is 10.1. The molecule has 0 amide bonds. The molecule has 2 N–H and O–H groups in total. The maximum absolute atomic E-state index is 10.9. The van der Waals surface area contributed by atoms with Gasteiger partial charge in [-0.15, -0.1) is 0 Å². The Bertz CT molecular complexity index is 560. The lowest BCUT2D eigenvalue weighted by Gasteiger charge is -1.97. The van der Waals surface area contributed by atoms with Crippen molar-refractivity contribution >= 4 is 17.0 Å². The summed E-state index contributed by atoms with van der Waals surface area (Å²) in [6, 6.07) is 5.00. The third-order valence-corrected chi connectivity index (χ3v) is 3.30. The fraction of sp³-hybridized carbons (Fsp3) is 0.467. The van der Waals surface area contributed by atoms with E-state index in [2.05, 4.69) is 16.9 Å². The molecule has 0 radical (unpaired) electrons. The van der Waals surface area contributed by atoms with Gasteiger partial charge in [-0.1, -0.05) is 32.6 Å². The summed E-state index contributed by atoms with van der Waals surface area (Å²) in [6.07, 6.45) is 7.11. The molecule has 0 aliphatic heterocycles. The SMILES string of the molecule is CCCCCCCc1nc2ccc(C(=O)O)cc2[nH]1. The lowest BCUT2D eigenvalue weighted by Crippen LogP contribution is -1.94. The highest BCUT2D eigenvalue weighted by atomic mass is 16.4. The number of aryl methyl sites for hydroxylation is 1. The van der Waals surface area contributed by atoms with Crippen LogP contribution in [0.1, 0.15) is 55.2 Å². The van der Waals surface area contributed by atoms with Crippen molar-refractivity contribution in [3.05, 3.63) is 29.6 Å². The molecule has 102 valence electrons. The number of hydrogen-bond acceptors (Lipinski definition) is 2. The molecule has 0 spiro atoms. The molecule has 2 aromatic rings. The molecule has 1 aromatic carbocycles. The molecular formula is C15H20N2O2. The van der Waals surface area contributed by atoms with Crippen molar-refractivity contribution in [2.75, 3.05) is 0 Å². The number of hydrogen-bond donors (Lipinski definition) is 2. The van der Waals surface area contributed by atoms with Gasteiger partial charge in [0.2, 0.25) is 0 Å². The second-order valence-corrected chi connectivity index (χ2v) is 4.88. The van der Waals surface area contributed by atoms with E-state index in [0.29, 0.717) is 5.56 Å². The van der Waals surface area contributed by atoms with Gasteiger partial charge >= 0.3 is 5.97 Å². The fourth-order valence-electron chi connectivity index (χ4n) is 2.21. The quantitative estimate of drug-likeness (QED) is 0.745. The first-order valence-electron chi connectivity index (χ1n) is 6.92. The first kappa shape index (κ1) is 13.6. The number of carboxylic acid groups (broad SMARTS) is 1. The molecule has 0 aliphatic carbocycles. The monoisotopic (exact) mass is 260 g/mol. The van der Waals surface area contributed by atoms with Crippen LogP contribution in [0.15, 0.2) is 18.2 Å². The topological polar surface area (TPSA) is 66.0 Å². The molecular weight excluding hydrogens is 240 g/mol. The largest absolute Gasteiger partial charge is 0.478 e. The average molecular weight is 260 g/mol. The van der Waals surface area contributed by atoms with Gasteiger partial charge in [0.15, 0.2) is 0 Å². The fourth-order valence-corrected chi connectivity index (χ4v) is 2.21. The zero-order valence-corrected chi connectivity index (χ0v) is 11.3. The Morgan fingerprint density at radius 2 is 2.05 bits per heavy atom.